The summed E-state index contributed by atoms with van der Waals surface area (Å²) in [5.41, 5.74) is 8.15. The van der Waals surface area contributed by atoms with Gasteiger partial charge in [0.2, 0.25) is 0 Å². The van der Waals surface area contributed by atoms with Crippen molar-refractivity contribution in [3.63, 3.8) is 0 Å². The smallest absolute Gasteiger partial charge is 0.281 e. The van der Waals surface area contributed by atoms with Crippen LogP contribution in [0.2, 0.25) is 0 Å². The Morgan fingerprint density at radius 3 is 2.57 bits per heavy atom. The van der Waals surface area contributed by atoms with Gasteiger partial charge in [0.25, 0.3) is 12.0 Å². The van der Waals surface area contributed by atoms with E-state index in [2.05, 4.69) is 9.97 Å². The Kier molecular flexibility index (Phi) is 4.72. The number of rotatable bonds is 4. The summed E-state index contributed by atoms with van der Waals surface area (Å²) in [7, 11) is 0. The number of halogens is 2. The number of nitrogens with one attached hydrogen (secondary N) is 1. The third kappa shape index (κ3) is 2.91. The fraction of sp³-hybridized carbons (Fsp3) is 0.238. The number of thiophene rings is 1. The van der Waals surface area contributed by atoms with Crippen LogP contribution in [0.15, 0.2) is 40.5 Å². The maximum Gasteiger partial charge on any atom is 0.281 e. The van der Waals surface area contributed by atoms with Crippen molar-refractivity contribution in [2.75, 3.05) is 6.54 Å². The minimum Gasteiger partial charge on any atom is -0.330 e. The second kappa shape index (κ2) is 7.07. The first-order valence-electron chi connectivity index (χ1n) is 8.94. The lowest BCUT2D eigenvalue weighted by Gasteiger charge is -2.16. The Bertz CT molecular complexity index is 1230. The Morgan fingerprint density at radius 2 is 1.93 bits per heavy atom. The van der Waals surface area contributed by atoms with Crippen molar-refractivity contribution >= 4 is 32.3 Å². The van der Waals surface area contributed by atoms with Gasteiger partial charge in [-0.05, 0) is 42.0 Å². The highest BCUT2D eigenvalue weighted by Crippen LogP contribution is 2.40. The number of alkyl halides is 2. The zero-order valence-electron chi connectivity index (χ0n) is 15.4. The standard InChI is InChI=1S/C21H19F2N3OS/c1-10(9-24)12-3-5-13(6-4-12)15-16-14-7-8-28-19(14)21(27)26-17(16)11(2)25-18(15)20(22)23/h3-8,10,20H,9,24H2,1-2H3,(H,26,27). The van der Waals surface area contributed by atoms with Gasteiger partial charge in [0, 0.05) is 16.3 Å². The lowest BCUT2D eigenvalue weighted by atomic mass is 9.93. The molecule has 3 heterocycles. The Hall–Kier alpha value is -2.64. The number of pyridine rings is 2. The highest BCUT2D eigenvalue weighted by atomic mass is 32.1. The van der Waals surface area contributed by atoms with Crippen molar-refractivity contribution in [2.45, 2.75) is 26.2 Å². The van der Waals surface area contributed by atoms with Gasteiger partial charge in [0.1, 0.15) is 10.4 Å². The molecule has 1 atom stereocenters. The number of aromatic amines is 1. The third-order valence-electron chi connectivity index (χ3n) is 5.11. The van der Waals surface area contributed by atoms with E-state index >= 15 is 0 Å². The summed E-state index contributed by atoms with van der Waals surface area (Å²) in [6, 6.07) is 9.26. The second-order valence-electron chi connectivity index (χ2n) is 6.88. The van der Waals surface area contributed by atoms with Crippen molar-refractivity contribution in [3.8, 4) is 11.1 Å². The number of H-pyrrole nitrogens is 1. The van der Waals surface area contributed by atoms with Crippen molar-refractivity contribution in [3.05, 3.63) is 63.0 Å². The molecule has 0 saturated heterocycles. The lowest BCUT2D eigenvalue weighted by molar-refractivity contribution is 0.147. The molecule has 3 aromatic heterocycles. The molecule has 7 heteroatoms. The summed E-state index contributed by atoms with van der Waals surface area (Å²) < 4.78 is 28.4. The lowest BCUT2D eigenvalue weighted by Crippen LogP contribution is -2.09. The molecule has 0 bridgehead atoms. The van der Waals surface area contributed by atoms with Crippen LogP contribution in [-0.4, -0.2) is 16.5 Å². The highest BCUT2D eigenvalue weighted by molar-refractivity contribution is 7.17. The molecule has 0 aliphatic rings. The molecule has 0 radical (unpaired) electrons. The first-order valence-corrected chi connectivity index (χ1v) is 9.82. The fourth-order valence-corrected chi connectivity index (χ4v) is 4.36. The molecule has 4 rings (SSSR count). The van der Waals surface area contributed by atoms with E-state index in [1.54, 1.807) is 18.4 Å². The minimum absolute atomic E-state index is 0.177. The Labute approximate surface area is 164 Å². The average Bonchev–Trinajstić information content (AvgIpc) is 3.18. The molecule has 1 unspecified atom stereocenters. The first-order chi connectivity index (χ1) is 13.4. The molecule has 0 fully saturated rings. The molecule has 4 nitrogen and oxygen atoms in total. The molecule has 0 aliphatic carbocycles. The topological polar surface area (TPSA) is 71.8 Å². The van der Waals surface area contributed by atoms with Gasteiger partial charge in [-0.1, -0.05) is 31.2 Å². The van der Waals surface area contributed by atoms with Gasteiger partial charge in [-0.3, -0.25) is 4.79 Å². The van der Waals surface area contributed by atoms with E-state index in [1.165, 1.54) is 11.3 Å². The first kappa shape index (κ1) is 18.7. The van der Waals surface area contributed by atoms with E-state index in [0.29, 0.717) is 44.4 Å². The number of fused-ring (bicyclic) bond motifs is 3. The monoisotopic (exact) mass is 399 g/mol. The van der Waals surface area contributed by atoms with E-state index in [1.807, 2.05) is 31.2 Å². The summed E-state index contributed by atoms with van der Waals surface area (Å²) in [5, 5.41) is 3.08. The van der Waals surface area contributed by atoms with Crippen LogP contribution >= 0.6 is 11.3 Å². The predicted octanol–water partition coefficient (Wildman–Crippen LogP) is 5.11. The van der Waals surface area contributed by atoms with Gasteiger partial charge in [-0.15, -0.1) is 11.3 Å². The molecular weight excluding hydrogens is 380 g/mol. The van der Waals surface area contributed by atoms with Gasteiger partial charge >= 0.3 is 0 Å². The van der Waals surface area contributed by atoms with Crippen LogP contribution in [0.5, 0.6) is 0 Å². The van der Waals surface area contributed by atoms with Crippen LogP contribution in [0.4, 0.5) is 8.78 Å². The SMILES string of the molecule is Cc1nc(C(F)F)c(-c2ccc(C(C)CN)cc2)c2c1[nH]c(=O)c1sccc12. The molecule has 144 valence electrons. The van der Waals surface area contributed by atoms with Crippen LogP contribution in [0.1, 0.15) is 36.2 Å². The summed E-state index contributed by atoms with van der Waals surface area (Å²) in [6.07, 6.45) is -2.73. The van der Waals surface area contributed by atoms with Crippen LogP contribution in [0.3, 0.4) is 0 Å². The van der Waals surface area contributed by atoms with E-state index < -0.39 is 6.43 Å². The van der Waals surface area contributed by atoms with Crippen molar-refractivity contribution in [1.29, 1.82) is 0 Å². The van der Waals surface area contributed by atoms with Crippen LogP contribution < -0.4 is 11.3 Å². The zero-order chi connectivity index (χ0) is 20.0. The van der Waals surface area contributed by atoms with Gasteiger partial charge in [0.05, 0.1) is 11.2 Å². The van der Waals surface area contributed by atoms with Gasteiger partial charge < -0.3 is 10.7 Å². The second-order valence-corrected chi connectivity index (χ2v) is 7.80. The third-order valence-corrected chi connectivity index (χ3v) is 6.03. The number of nitrogens with zero attached hydrogens (tertiary/aromatic N) is 1. The summed E-state index contributed by atoms with van der Waals surface area (Å²) >= 11 is 1.30. The Balaban J connectivity index is 2.11. The summed E-state index contributed by atoms with van der Waals surface area (Å²) in [5.74, 6) is 0.177. The number of benzene rings is 1. The highest BCUT2D eigenvalue weighted by Gasteiger charge is 2.23. The van der Waals surface area contributed by atoms with Crippen molar-refractivity contribution in [1.82, 2.24) is 9.97 Å². The summed E-state index contributed by atoms with van der Waals surface area (Å²) in [6.45, 7) is 4.16. The quantitative estimate of drug-likeness (QED) is 0.501. The number of hydrogen-bond acceptors (Lipinski definition) is 4. The number of nitrogens with two attached hydrogens (primary N) is 1. The van der Waals surface area contributed by atoms with Crippen LogP contribution in [0, 0.1) is 6.92 Å². The van der Waals surface area contributed by atoms with Crippen LogP contribution in [0.25, 0.3) is 32.1 Å². The van der Waals surface area contributed by atoms with E-state index in [-0.39, 0.29) is 17.2 Å². The van der Waals surface area contributed by atoms with Crippen molar-refractivity contribution < 1.29 is 8.78 Å². The largest absolute Gasteiger partial charge is 0.330 e. The van der Waals surface area contributed by atoms with Gasteiger partial charge in [0.15, 0.2) is 0 Å². The van der Waals surface area contributed by atoms with Gasteiger partial charge in [-0.25, -0.2) is 13.8 Å². The van der Waals surface area contributed by atoms with Crippen LogP contribution in [-0.2, 0) is 0 Å². The molecule has 0 spiro atoms. The molecule has 3 N–H and O–H groups in total. The molecule has 4 aromatic rings. The molecule has 28 heavy (non-hydrogen) atoms. The Morgan fingerprint density at radius 1 is 1.21 bits per heavy atom. The summed E-state index contributed by atoms with van der Waals surface area (Å²) in [4.78, 5) is 19.4. The zero-order valence-corrected chi connectivity index (χ0v) is 16.2. The molecule has 0 saturated carbocycles. The number of aromatic nitrogens is 2. The molecule has 0 aliphatic heterocycles. The fourth-order valence-electron chi connectivity index (χ4n) is 3.57. The maximum absolute atomic E-state index is 13.9. The molecule has 0 amide bonds. The predicted molar refractivity (Wildman–Crippen MR) is 110 cm³/mol. The minimum atomic E-state index is -2.73. The number of hydrogen-bond donors (Lipinski definition) is 2. The number of aryl methyl sites for hydroxylation is 1. The van der Waals surface area contributed by atoms with E-state index in [0.717, 1.165) is 5.56 Å². The molecular formula is C21H19F2N3OS. The van der Waals surface area contributed by atoms with E-state index in [9.17, 15) is 13.6 Å². The normalized spacial score (nSPS) is 12.9. The maximum atomic E-state index is 13.9. The van der Waals surface area contributed by atoms with E-state index in [4.69, 9.17) is 5.73 Å². The van der Waals surface area contributed by atoms with Gasteiger partial charge in [-0.2, -0.15) is 0 Å². The van der Waals surface area contributed by atoms with Crippen molar-refractivity contribution in [2.24, 2.45) is 5.73 Å². The molecule has 1 aromatic carbocycles. The average molecular weight is 399 g/mol.